The third kappa shape index (κ3) is 1830. The van der Waals surface area contributed by atoms with Crippen molar-refractivity contribution in [2.75, 3.05) is 0 Å². The van der Waals surface area contributed by atoms with Gasteiger partial charge in [0.05, 0.1) is 0 Å². The van der Waals surface area contributed by atoms with Gasteiger partial charge in [-0.3, -0.25) is 0 Å². The summed E-state index contributed by atoms with van der Waals surface area (Å²) in [5, 5.41) is 20.2. The van der Waals surface area contributed by atoms with Crippen LogP contribution in [-0.4, -0.2) is 11.2 Å². The molecule has 0 aromatic carbocycles. The minimum absolute atomic E-state index is 0. The van der Waals surface area contributed by atoms with Crippen LogP contribution in [0.25, 0.3) is 0 Å². The summed E-state index contributed by atoms with van der Waals surface area (Å²) in [6, 6.07) is 0. The van der Waals surface area contributed by atoms with Gasteiger partial charge in [0, 0.05) is 0 Å². The second kappa shape index (κ2) is 6.21. The Hall–Kier alpha value is 0.660. The van der Waals surface area contributed by atoms with Crippen molar-refractivity contribution in [2.24, 2.45) is 0 Å². The van der Waals surface area contributed by atoms with Crippen LogP contribution in [0.3, 0.4) is 0 Å². The van der Waals surface area contributed by atoms with Gasteiger partial charge < -0.3 is 10.2 Å². The first kappa shape index (κ1) is 17.7. The van der Waals surface area contributed by atoms with E-state index in [1.165, 1.54) is 0 Å². The summed E-state index contributed by atoms with van der Waals surface area (Å²) < 4.78 is 0. The van der Waals surface area contributed by atoms with E-state index in [2.05, 4.69) is 0 Å². The fourth-order valence-corrected chi connectivity index (χ4v) is 0. The molecule has 0 unspecified atom stereocenters. The van der Waals surface area contributed by atoms with E-state index >= 15 is 0 Å². The molecule has 2 nitrogen and oxygen atoms in total. The summed E-state index contributed by atoms with van der Waals surface area (Å²) in [5.74, 6) is 0. The van der Waals surface area contributed by atoms with E-state index < -0.39 is 11.2 Å². The Labute approximate surface area is 85.5 Å². The van der Waals surface area contributed by atoms with Gasteiger partial charge >= 0.3 is 22.4 Å². The Kier molecular flexibility index (Phi) is 9.97. The second-order valence-corrected chi connectivity index (χ2v) is 4.22. The summed E-state index contributed by atoms with van der Waals surface area (Å²) in [6.45, 7) is 9.79. The average molecular weight is 327 g/mol. The molecule has 0 aliphatic rings. The molecule has 0 fully saturated rings. The second-order valence-electron chi connectivity index (χ2n) is 4.22. The zero-order chi connectivity index (χ0) is 9.00. The van der Waals surface area contributed by atoms with Gasteiger partial charge in [-0.05, 0) is 0 Å². The van der Waals surface area contributed by atoms with E-state index in [0.717, 1.165) is 0 Å². The third-order valence-electron chi connectivity index (χ3n) is 0. The monoisotopic (exact) mass is 327 g/mol. The molecule has 0 rings (SSSR count). The topological polar surface area (TPSA) is 46.1 Å². The Morgan fingerprint density at radius 1 is 0.636 bits per heavy atom. The molecule has 0 atom stereocenters. The maximum atomic E-state index is 10.1. The molecule has 0 bridgehead atoms. The van der Waals surface area contributed by atoms with E-state index in [0.29, 0.717) is 0 Å². The molecule has 1 radical (unpaired) electrons. The van der Waals surface area contributed by atoms with Crippen LogP contribution in [-0.2, 0) is 22.4 Å². The van der Waals surface area contributed by atoms with Crippen LogP contribution in [0.15, 0.2) is 0 Å². The Bertz CT molecular complexity index is 55.1. The maximum Gasteiger partial charge on any atom is 2.00 e. The first-order valence-corrected chi connectivity index (χ1v) is 3.41. The van der Waals surface area contributed by atoms with Gasteiger partial charge in [0.1, 0.15) is 0 Å². The number of rotatable bonds is 0. The summed E-state index contributed by atoms with van der Waals surface area (Å²) in [4.78, 5) is 0. The van der Waals surface area contributed by atoms with Crippen molar-refractivity contribution >= 4 is 0 Å². The number of hydrogen-bond acceptors (Lipinski definition) is 2. The summed E-state index contributed by atoms with van der Waals surface area (Å²) in [6.07, 6.45) is 0. The molecule has 0 aromatic heterocycles. The molecule has 0 aromatic rings. The minimum Gasteiger partial charge on any atom is -0.850 e. The van der Waals surface area contributed by atoms with Crippen molar-refractivity contribution in [1.29, 1.82) is 0 Å². The van der Waals surface area contributed by atoms with Crippen LogP contribution in [0.5, 0.6) is 0 Å². The van der Waals surface area contributed by atoms with Crippen LogP contribution < -0.4 is 10.2 Å². The van der Waals surface area contributed by atoms with Crippen molar-refractivity contribution in [3.63, 3.8) is 0 Å². The summed E-state index contributed by atoms with van der Waals surface area (Å²) >= 11 is 0. The van der Waals surface area contributed by atoms with Crippen LogP contribution in [0.4, 0.5) is 0 Å². The maximum absolute atomic E-state index is 10.1. The van der Waals surface area contributed by atoms with Gasteiger partial charge in [0.2, 0.25) is 0 Å². The normalized spacial score (nSPS) is 10.9. The molecule has 3 heteroatoms. The Morgan fingerprint density at radius 2 is 0.636 bits per heavy atom. The van der Waals surface area contributed by atoms with E-state index in [-0.39, 0.29) is 22.4 Å². The minimum atomic E-state index is -0.750. The molecule has 0 amide bonds. The first-order chi connectivity index (χ1) is 4.00. The van der Waals surface area contributed by atoms with Gasteiger partial charge in [-0.2, -0.15) is 0 Å². The van der Waals surface area contributed by atoms with Gasteiger partial charge in [0.15, 0.2) is 0 Å². The first-order valence-electron chi connectivity index (χ1n) is 3.41. The van der Waals surface area contributed by atoms with Crippen LogP contribution >= 0.6 is 0 Å². The zero-order valence-electron chi connectivity index (χ0n) is 8.26. The van der Waals surface area contributed by atoms with Crippen molar-refractivity contribution in [3.05, 3.63) is 0 Å². The quantitative estimate of drug-likeness (QED) is 0.642. The van der Waals surface area contributed by atoms with Crippen molar-refractivity contribution in [1.82, 2.24) is 0 Å². The molecular formula is C8H18O2Ta. The standard InChI is InChI=1S/2C4H9O.Ta/c2*1-4(2,3)5;/h2*1-3H3;/q2*-1;+2. The van der Waals surface area contributed by atoms with E-state index in [4.69, 9.17) is 0 Å². The molecule has 0 saturated heterocycles. The zero-order valence-corrected chi connectivity index (χ0v) is 11.5. The Balaban J connectivity index is -0.000000107. The molecule has 0 aliphatic heterocycles. The average Bonchev–Trinajstić information content (AvgIpc) is 1.12. The molecule has 11 heavy (non-hydrogen) atoms. The fourth-order valence-electron chi connectivity index (χ4n) is 0. The summed E-state index contributed by atoms with van der Waals surface area (Å²) in [7, 11) is 0. The molecule has 0 saturated carbocycles. The van der Waals surface area contributed by atoms with Crippen LogP contribution in [0.2, 0.25) is 0 Å². The molecule has 0 spiro atoms. The largest absolute Gasteiger partial charge is 2.00 e. The fraction of sp³-hybridized carbons (Fsp3) is 1.00. The Morgan fingerprint density at radius 3 is 0.636 bits per heavy atom. The van der Waals surface area contributed by atoms with E-state index in [9.17, 15) is 10.2 Å². The van der Waals surface area contributed by atoms with Gasteiger partial charge in [-0.1, -0.05) is 41.5 Å². The smallest absolute Gasteiger partial charge is 0.850 e. The third-order valence-corrected chi connectivity index (χ3v) is 0. The van der Waals surface area contributed by atoms with Gasteiger partial charge in [-0.25, -0.2) is 0 Å². The summed E-state index contributed by atoms with van der Waals surface area (Å²) in [5.41, 5.74) is -1.50. The van der Waals surface area contributed by atoms with Crippen LogP contribution in [0, 0.1) is 0 Å². The van der Waals surface area contributed by atoms with Gasteiger partial charge in [-0.15, -0.1) is 11.2 Å². The van der Waals surface area contributed by atoms with E-state index in [1.54, 1.807) is 41.5 Å². The molecule has 0 N–H and O–H groups in total. The van der Waals surface area contributed by atoms with Gasteiger partial charge in [0.25, 0.3) is 0 Å². The van der Waals surface area contributed by atoms with Crippen molar-refractivity contribution in [2.45, 2.75) is 52.7 Å². The number of hydrogen-bond donors (Lipinski definition) is 0. The van der Waals surface area contributed by atoms with Crippen molar-refractivity contribution in [3.8, 4) is 0 Å². The van der Waals surface area contributed by atoms with Crippen LogP contribution in [0.1, 0.15) is 41.5 Å². The predicted molar refractivity (Wildman–Crippen MR) is 39.5 cm³/mol. The predicted octanol–water partition coefficient (Wildman–Crippen LogP) is 0.288. The van der Waals surface area contributed by atoms with Crippen molar-refractivity contribution < 1.29 is 32.6 Å². The SMILES string of the molecule is CC(C)(C)[O-].CC(C)(C)[O-].[Ta+2]. The molecule has 0 aliphatic carbocycles. The molecule has 0 heterocycles. The molecular weight excluding hydrogens is 309 g/mol. The molecule has 67 valence electrons. The van der Waals surface area contributed by atoms with E-state index in [1.807, 2.05) is 0 Å².